The molecule has 1 aromatic carbocycles. The minimum absolute atomic E-state index is 0.602. The zero-order valence-electron chi connectivity index (χ0n) is 12.5. The molecule has 1 aliphatic rings. The summed E-state index contributed by atoms with van der Waals surface area (Å²) >= 11 is 0. The fourth-order valence-electron chi connectivity index (χ4n) is 2.53. The van der Waals surface area contributed by atoms with Crippen molar-refractivity contribution in [3.8, 4) is 11.5 Å². The molecule has 1 N–H and O–H groups in total. The zero-order valence-corrected chi connectivity index (χ0v) is 12.5. The maximum atomic E-state index is 5.83. The van der Waals surface area contributed by atoms with Crippen LogP contribution in [-0.4, -0.2) is 28.2 Å². The first-order valence-electron chi connectivity index (χ1n) is 7.59. The van der Waals surface area contributed by atoms with Gasteiger partial charge in [0.2, 0.25) is 0 Å². The summed E-state index contributed by atoms with van der Waals surface area (Å²) in [5.74, 6) is 2.38. The molecular weight excluding hydrogens is 292 g/mol. The van der Waals surface area contributed by atoms with Gasteiger partial charge in [-0.05, 0) is 18.2 Å². The minimum Gasteiger partial charge on any atom is -0.490 e. The van der Waals surface area contributed by atoms with Gasteiger partial charge in [0.1, 0.15) is 11.3 Å². The van der Waals surface area contributed by atoms with E-state index in [0.29, 0.717) is 25.4 Å². The summed E-state index contributed by atoms with van der Waals surface area (Å²) in [4.78, 5) is 12.9. The number of benzene rings is 1. The number of nitrogens with one attached hydrogen (secondary N) is 1. The minimum atomic E-state index is 0.602. The maximum Gasteiger partial charge on any atom is 0.180 e. The molecule has 0 saturated carbocycles. The largest absolute Gasteiger partial charge is 0.490 e. The van der Waals surface area contributed by atoms with E-state index in [2.05, 4.69) is 20.3 Å². The molecule has 3 aromatic rings. The fourth-order valence-corrected chi connectivity index (χ4v) is 2.53. The summed E-state index contributed by atoms with van der Waals surface area (Å²) in [6.45, 7) is 1.97. The molecule has 6 heteroatoms. The SMILES string of the molecule is c1cc(CNc2ccc3nccnc3n2)c2c(c1)OCCCO2. The fraction of sp³-hybridized carbons (Fsp3) is 0.235. The molecule has 0 aliphatic carbocycles. The average molecular weight is 308 g/mol. The smallest absolute Gasteiger partial charge is 0.180 e. The molecule has 2 aromatic heterocycles. The number of nitrogens with zero attached hydrogens (tertiary/aromatic N) is 3. The average Bonchev–Trinajstić information content (AvgIpc) is 2.85. The quantitative estimate of drug-likeness (QED) is 0.802. The van der Waals surface area contributed by atoms with E-state index in [1.54, 1.807) is 12.4 Å². The van der Waals surface area contributed by atoms with Crippen LogP contribution in [0.2, 0.25) is 0 Å². The molecule has 0 unspecified atom stereocenters. The molecule has 0 spiro atoms. The van der Waals surface area contributed by atoms with Gasteiger partial charge in [-0.15, -0.1) is 0 Å². The summed E-state index contributed by atoms with van der Waals surface area (Å²) < 4.78 is 11.5. The molecule has 0 amide bonds. The molecule has 0 bridgehead atoms. The molecule has 0 atom stereocenters. The molecule has 116 valence electrons. The van der Waals surface area contributed by atoms with Crippen LogP contribution in [0.15, 0.2) is 42.7 Å². The van der Waals surface area contributed by atoms with Crippen molar-refractivity contribution in [2.75, 3.05) is 18.5 Å². The number of ether oxygens (including phenoxy) is 2. The van der Waals surface area contributed by atoms with Crippen LogP contribution in [0.3, 0.4) is 0 Å². The number of hydrogen-bond acceptors (Lipinski definition) is 6. The highest BCUT2D eigenvalue weighted by Crippen LogP contribution is 2.33. The molecule has 0 saturated heterocycles. The van der Waals surface area contributed by atoms with Crippen LogP contribution in [0.4, 0.5) is 5.82 Å². The lowest BCUT2D eigenvalue weighted by Crippen LogP contribution is -2.05. The topological polar surface area (TPSA) is 69.2 Å². The highest BCUT2D eigenvalue weighted by molar-refractivity contribution is 5.71. The highest BCUT2D eigenvalue weighted by Gasteiger charge is 2.14. The van der Waals surface area contributed by atoms with E-state index >= 15 is 0 Å². The Balaban J connectivity index is 1.56. The first-order valence-corrected chi connectivity index (χ1v) is 7.59. The van der Waals surface area contributed by atoms with Crippen molar-refractivity contribution < 1.29 is 9.47 Å². The monoisotopic (exact) mass is 308 g/mol. The number of fused-ring (bicyclic) bond motifs is 2. The third-order valence-electron chi connectivity index (χ3n) is 3.64. The van der Waals surface area contributed by atoms with Gasteiger partial charge in [0.25, 0.3) is 0 Å². The van der Waals surface area contributed by atoms with Gasteiger partial charge in [0.15, 0.2) is 17.1 Å². The van der Waals surface area contributed by atoms with Crippen LogP contribution in [0.1, 0.15) is 12.0 Å². The number of pyridine rings is 1. The van der Waals surface area contributed by atoms with Crippen molar-refractivity contribution in [3.05, 3.63) is 48.3 Å². The second-order valence-corrected chi connectivity index (χ2v) is 5.24. The molecule has 0 fully saturated rings. The van der Waals surface area contributed by atoms with Crippen molar-refractivity contribution >= 4 is 17.0 Å². The van der Waals surface area contributed by atoms with Gasteiger partial charge < -0.3 is 14.8 Å². The zero-order chi connectivity index (χ0) is 15.5. The van der Waals surface area contributed by atoms with Gasteiger partial charge in [0, 0.05) is 30.9 Å². The molecule has 23 heavy (non-hydrogen) atoms. The van der Waals surface area contributed by atoms with E-state index in [-0.39, 0.29) is 0 Å². The molecule has 0 radical (unpaired) electrons. The first-order chi connectivity index (χ1) is 11.4. The number of aromatic nitrogens is 3. The van der Waals surface area contributed by atoms with E-state index < -0.39 is 0 Å². The van der Waals surface area contributed by atoms with Crippen molar-refractivity contribution in [2.45, 2.75) is 13.0 Å². The second kappa shape index (κ2) is 6.08. The highest BCUT2D eigenvalue weighted by atomic mass is 16.5. The van der Waals surface area contributed by atoms with Crippen LogP contribution < -0.4 is 14.8 Å². The van der Waals surface area contributed by atoms with E-state index in [1.165, 1.54) is 0 Å². The van der Waals surface area contributed by atoms with Crippen LogP contribution >= 0.6 is 0 Å². The van der Waals surface area contributed by atoms with E-state index in [9.17, 15) is 0 Å². The number of rotatable bonds is 3. The first kappa shape index (κ1) is 13.8. The van der Waals surface area contributed by atoms with Gasteiger partial charge in [-0.3, -0.25) is 4.98 Å². The lowest BCUT2D eigenvalue weighted by molar-refractivity contribution is 0.296. The summed E-state index contributed by atoms with van der Waals surface area (Å²) in [5.41, 5.74) is 2.46. The van der Waals surface area contributed by atoms with Crippen LogP contribution in [0.25, 0.3) is 11.2 Å². The van der Waals surface area contributed by atoms with Crippen LogP contribution in [-0.2, 0) is 6.54 Å². The predicted octanol–water partition coefficient (Wildman–Crippen LogP) is 2.80. The standard InChI is InChI=1S/C17H16N4O2/c1-3-12(16-14(4-1)22-9-2-10-23-16)11-20-15-6-5-13-17(21-15)19-8-7-18-13/h1,3-8H,2,9-11H2,(H,19,20,21). The molecule has 1 aliphatic heterocycles. The number of para-hydroxylation sites is 1. The Kier molecular flexibility index (Phi) is 3.63. The lowest BCUT2D eigenvalue weighted by atomic mass is 10.2. The predicted molar refractivity (Wildman–Crippen MR) is 86.7 cm³/mol. The molecular formula is C17H16N4O2. The Morgan fingerprint density at radius 2 is 1.91 bits per heavy atom. The Bertz CT molecular complexity index is 838. The third-order valence-corrected chi connectivity index (χ3v) is 3.64. The third kappa shape index (κ3) is 2.88. The van der Waals surface area contributed by atoms with E-state index in [0.717, 1.165) is 34.8 Å². The van der Waals surface area contributed by atoms with Crippen molar-refractivity contribution in [3.63, 3.8) is 0 Å². The van der Waals surface area contributed by atoms with Gasteiger partial charge >= 0.3 is 0 Å². The summed E-state index contributed by atoms with van der Waals surface area (Å²) in [6, 6.07) is 9.75. The second-order valence-electron chi connectivity index (χ2n) is 5.24. The molecule has 3 heterocycles. The lowest BCUT2D eigenvalue weighted by Gasteiger charge is -2.13. The molecule has 6 nitrogen and oxygen atoms in total. The van der Waals surface area contributed by atoms with Crippen molar-refractivity contribution in [1.82, 2.24) is 15.0 Å². The Morgan fingerprint density at radius 3 is 2.91 bits per heavy atom. The normalized spacial score (nSPS) is 13.6. The molecule has 4 rings (SSSR count). The van der Waals surface area contributed by atoms with E-state index in [4.69, 9.17) is 9.47 Å². The Labute approximate surface area is 133 Å². The number of anilines is 1. The van der Waals surface area contributed by atoms with Crippen LogP contribution in [0.5, 0.6) is 11.5 Å². The summed E-state index contributed by atoms with van der Waals surface area (Å²) in [6.07, 6.45) is 4.20. The van der Waals surface area contributed by atoms with Crippen molar-refractivity contribution in [1.29, 1.82) is 0 Å². The summed E-state index contributed by atoms with van der Waals surface area (Å²) in [7, 11) is 0. The summed E-state index contributed by atoms with van der Waals surface area (Å²) in [5, 5.41) is 3.31. The van der Waals surface area contributed by atoms with Gasteiger partial charge in [0.05, 0.1) is 13.2 Å². The van der Waals surface area contributed by atoms with Crippen molar-refractivity contribution in [2.24, 2.45) is 0 Å². The van der Waals surface area contributed by atoms with Gasteiger partial charge in [-0.2, -0.15) is 0 Å². The van der Waals surface area contributed by atoms with Gasteiger partial charge in [-0.1, -0.05) is 12.1 Å². The maximum absolute atomic E-state index is 5.83. The Morgan fingerprint density at radius 1 is 1.00 bits per heavy atom. The van der Waals surface area contributed by atoms with E-state index in [1.807, 2.05) is 30.3 Å². The Hall–Kier alpha value is -2.89. The van der Waals surface area contributed by atoms with Crippen LogP contribution in [0, 0.1) is 0 Å². The van der Waals surface area contributed by atoms with Gasteiger partial charge in [-0.25, -0.2) is 9.97 Å². The number of hydrogen-bond donors (Lipinski definition) is 1.